The molecule has 0 bridgehead atoms. The van der Waals surface area contributed by atoms with E-state index in [1.165, 1.54) is 5.56 Å². The number of fused-ring (bicyclic) bond motifs is 3. The van der Waals surface area contributed by atoms with Gasteiger partial charge in [0.2, 0.25) is 5.91 Å². The molecule has 1 atom stereocenters. The molecule has 0 radical (unpaired) electrons. The van der Waals surface area contributed by atoms with Crippen molar-refractivity contribution in [3.63, 3.8) is 0 Å². The fourth-order valence-corrected chi connectivity index (χ4v) is 5.23. The van der Waals surface area contributed by atoms with Crippen LogP contribution in [0.5, 0.6) is 0 Å². The number of benzene rings is 2. The summed E-state index contributed by atoms with van der Waals surface area (Å²) in [4.78, 5) is 28.5. The van der Waals surface area contributed by atoms with Crippen LogP contribution in [0, 0.1) is 6.92 Å². The van der Waals surface area contributed by atoms with Crippen molar-refractivity contribution in [2.75, 3.05) is 13.1 Å². The maximum absolute atomic E-state index is 13.6. The van der Waals surface area contributed by atoms with Crippen molar-refractivity contribution < 1.29 is 9.32 Å². The molecule has 0 spiro atoms. The number of pyridine rings is 1. The number of carbonyl (C=O) groups excluding carboxylic acids is 1. The highest BCUT2D eigenvalue weighted by atomic mass is 35.5. The Bertz CT molecular complexity index is 1380. The number of aromatic nitrogens is 2. The number of halogens is 1. The van der Waals surface area contributed by atoms with Crippen molar-refractivity contribution in [2.45, 2.75) is 45.1 Å². The SMILES string of the molecule is Cc1onc2c1c(=O)n(C1CCCN(C(=O)CCCc3ccccc3)C1)c1cccc(Cl)c21. The molecule has 6 nitrogen and oxygen atoms in total. The molecule has 0 saturated carbocycles. The predicted molar refractivity (Wildman–Crippen MR) is 130 cm³/mol. The Kier molecular flexibility index (Phi) is 5.94. The molecule has 33 heavy (non-hydrogen) atoms. The van der Waals surface area contributed by atoms with Gasteiger partial charge in [-0.15, -0.1) is 0 Å². The van der Waals surface area contributed by atoms with Crippen molar-refractivity contribution in [3.05, 3.63) is 75.2 Å². The van der Waals surface area contributed by atoms with Gasteiger partial charge >= 0.3 is 0 Å². The Hall–Kier alpha value is -3.12. The largest absolute Gasteiger partial charge is 0.360 e. The summed E-state index contributed by atoms with van der Waals surface area (Å²) >= 11 is 6.53. The van der Waals surface area contributed by atoms with Gasteiger partial charge in [0.05, 0.1) is 16.6 Å². The minimum absolute atomic E-state index is 0.121. The van der Waals surface area contributed by atoms with Crippen molar-refractivity contribution in [3.8, 4) is 0 Å². The second-order valence-corrected chi connectivity index (χ2v) is 9.15. The van der Waals surface area contributed by atoms with Crippen LogP contribution in [-0.4, -0.2) is 33.6 Å². The minimum Gasteiger partial charge on any atom is -0.360 e. The first-order chi connectivity index (χ1) is 16.0. The van der Waals surface area contributed by atoms with Crippen LogP contribution in [0.4, 0.5) is 0 Å². The van der Waals surface area contributed by atoms with Crippen molar-refractivity contribution in [1.82, 2.24) is 14.6 Å². The summed E-state index contributed by atoms with van der Waals surface area (Å²) in [6, 6.07) is 15.6. The van der Waals surface area contributed by atoms with Gasteiger partial charge < -0.3 is 14.0 Å². The van der Waals surface area contributed by atoms with Gasteiger partial charge in [0.1, 0.15) is 16.7 Å². The molecule has 0 N–H and O–H groups in total. The van der Waals surface area contributed by atoms with Crippen LogP contribution in [0.3, 0.4) is 0 Å². The van der Waals surface area contributed by atoms with Crippen molar-refractivity contribution >= 4 is 39.3 Å². The Labute approximate surface area is 196 Å². The van der Waals surface area contributed by atoms with Crippen molar-refractivity contribution in [2.24, 2.45) is 0 Å². The highest BCUT2D eigenvalue weighted by molar-refractivity contribution is 6.37. The van der Waals surface area contributed by atoms with E-state index in [-0.39, 0.29) is 17.5 Å². The fourth-order valence-electron chi connectivity index (χ4n) is 4.97. The molecule has 3 heterocycles. The number of rotatable bonds is 5. The number of hydrogen-bond acceptors (Lipinski definition) is 4. The summed E-state index contributed by atoms with van der Waals surface area (Å²) in [6.45, 7) is 2.98. The van der Waals surface area contributed by atoms with Crippen LogP contribution >= 0.6 is 11.6 Å². The third-order valence-corrected chi connectivity index (χ3v) is 6.91. The summed E-state index contributed by atoms with van der Waals surface area (Å²) in [7, 11) is 0. The molecule has 1 aliphatic rings. The molecule has 1 fully saturated rings. The van der Waals surface area contributed by atoms with Gasteiger partial charge in [0.25, 0.3) is 5.56 Å². The highest BCUT2D eigenvalue weighted by Crippen LogP contribution is 2.33. The Balaban J connectivity index is 1.42. The first kappa shape index (κ1) is 21.7. The van der Waals surface area contributed by atoms with E-state index in [0.29, 0.717) is 34.7 Å². The van der Waals surface area contributed by atoms with Crippen LogP contribution in [-0.2, 0) is 11.2 Å². The molecule has 2 aromatic carbocycles. The summed E-state index contributed by atoms with van der Waals surface area (Å²) < 4.78 is 7.16. The van der Waals surface area contributed by atoms with E-state index < -0.39 is 0 Å². The van der Waals surface area contributed by atoms with E-state index in [1.807, 2.05) is 35.2 Å². The molecule has 0 aliphatic carbocycles. The van der Waals surface area contributed by atoms with E-state index >= 15 is 0 Å². The van der Waals surface area contributed by atoms with Crippen LogP contribution in [0.2, 0.25) is 5.02 Å². The van der Waals surface area contributed by atoms with E-state index in [4.69, 9.17) is 16.1 Å². The number of likely N-dealkylation sites (tertiary alicyclic amines) is 1. The maximum Gasteiger partial charge on any atom is 0.264 e. The number of hydrogen-bond donors (Lipinski definition) is 0. The van der Waals surface area contributed by atoms with Gasteiger partial charge in [-0.25, -0.2) is 0 Å². The van der Waals surface area contributed by atoms with Crippen LogP contribution in [0.25, 0.3) is 21.8 Å². The third-order valence-electron chi connectivity index (χ3n) is 6.60. The topological polar surface area (TPSA) is 68.3 Å². The average molecular weight is 464 g/mol. The minimum atomic E-state index is -0.137. The summed E-state index contributed by atoms with van der Waals surface area (Å²) in [5.74, 6) is 0.628. The molecule has 2 aromatic heterocycles. The molecule has 7 heteroatoms. The fraction of sp³-hybridized carbons (Fsp3) is 0.346. The maximum atomic E-state index is 13.6. The molecular weight excluding hydrogens is 438 g/mol. The lowest BCUT2D eigenvalue weighted by Crippen LogP contribution is -2.43. The molecule has 4 aromatic rings. The van der Waals surface area contributed by atoms with E-state index in [9.17, 15) is 9.59 Å². The number of aryl methyl sites for hydroxylation is 2. The lowest BCUT2D eigenvalue weighted by molar-refractivity contribution is -0.132. The van der Waals surface area contributed by atoms with Gasteiger partial charge in [0, 0.05) is 24.9 Å². The van der Waals surface area contributed by atoms with Crippen LogP contribution in [0.15, 0.2) is 57.8 Å². The molecule has 1 unspecified atom stereocenters. The van der Waals surface area contributed by atoms with Crippen LogP contribution in [0.1, 0.15) is 43.0 Å². The van der Waals surface area contributed by atoms with Gasteiger partial charge in [-0.2, -0.15) is 0 Å². The van der Waals surface area contributed by atoms with E-state index in [0.717, 1.165) is 43.1 Å². The Morgan fingerprint density at radius 2 is 1.97 bits per heavy atom. The highest BCUT2D eigenvalue weighted by Gasteiger charge is 2.28. The lowest BCUT2D eigenvalue weighted by Gasteiger charge is -2.34. The Morgan fingerprint density at radius 3 is 2.79 bits per heavy atom. The predicted octanol–water partition coefficient (Wildman–Crippen LogP) is 5.29. The molecule has 1 saturated heterocycles. The third kappa shape index (κ3) is 4.04. The van der Waals surface area contributed by atoms with Crippen molar-refractivity contribution in [1.29, 1.82) is 0 Å². The smallest absolute Gasteiger partial charge is 0.264 e. The standard InChI is InChI=1S/C26H26ClN3O3/c1-17-23-25(28-33-17)24-20(27)12-6-13-21(24)30(26(23)32)19-11-7-15-29(16-19)22(31)14-5-10-18-8-3-2-4-9-18/h2-4,6,8-9,12-13,19H,5,7,10-11,14-16H2,1H3. The second-order valence-electron chi connectivity index (χ2n) is 8.75. The molecule has 1 amide bonds. The van der Waals surface area contributed by atoms with Crippen LogP contribution < -0.4 is 5.56 Å². The first-order valence-electron chi connectivity index (χ1n) is 11.4. The summed E-state index contributed by atoms with van der Waals surface area (Å²) in [5.41, 5.74) is 2.34. The van der Waals surface area contributed by atoms with E-state index in [1.54, 1.807) is 17.6 Å². The second kappa shape index (κ2) is 9.02. The van der Waals surface area contributed by atoms with Gasteiger partial charge in [-0.1, -0.05) is 53.2 Å². The van der Waals surface area contributed by atoms with Gasteiger partial charge in [0.15, 0.2) is 0 Å². The number of nitrogens with zero attached hydrogens (tertiary/aromatic N) is 3. The van der Waals surface area contributed by atoms with Gasteiger partial charge in [-0.3, -0.25) is 9.59 Å². The molecule has 170 valence electrons. The zero-order valence-corrected chi connectivity index (χ0v) is 19.3. The number of piperidine rings is 1. The zero-order chi connectivity index (χ0) is 22.9. The zero-order valence-electron chi connectivity index (χ0n) is 18.6. The average Bonchev–Trinajstić information content (AvgIpc) is 3.22. The summed E-state index contributed by atoms with van der Waals surface area (Å²) in [6.07, 6.45) is 3.88. The molecular formula is C26H26ClN3O3. The number of amides is 1. The number of carbonyl (C=O) groups is 1. The monoisotopic (exact) mass is 463 g/mol. The first-order valence-corrected chi connectivity index (χ1v) is 11.8. The van der Waals surface area contributed by atoms with E-state index in [2.05, 4.69) is 17.3 Å². The summed E-state index contributed by atoms with van der Waals surface area (Å²) in [5, 5.41) is 5.83. The normalized spacial score (nSPS) is 16.5. The lowest BCUT2D eigenvalue weighted by atomic mass is 10.0. The molecule has 5 rings (SSSR count). The molecule has 1 aliphatic heterocycles. The Morgan fingerprint density at radius 1 is 1.15 bits per heavy atom. The quantitative estimate of drug-likeness (QED) is 0.403. The van der Waals surface area contributed by atoms with Gasteiger partial charge in [-0.05, 0) is 50.3 Å².